The minimum atomic E-state index is -4.96. The zero-order valence-corrected chi connectivity index (χ0v) is 14.9. The zero-order chi connectivity index (χ0) is 21.5. The number of carbonyl (C=O) groups is 2. The number of urea groups is 1. The number of H-pyrrole nitrogens is 1. The highest BCUT2D eigenvalue weighted by atomic mass is 19.4. The second kappa shape index (κ2) is 7.04. The first-order valence-electron chi connectivity index (χ1n) is 8.03. The Labute approximate surface area is 159 Å². The van der Waals surface area contributed by atoms with Crippen molar-refractivity contribution in [2.45, 2.75) is 13.1 Å². The van der Waals surface area contributed by atoms with Crippen molar-refractivity contribution in [1.29, 1.82) is 0 Å². The van der Waals surface area contributed by atoms with Gasteiger partial charge in [0.1, 0.15) is 17.0 Å². The fourth-order valence-electron chi connectivity index (χ4n) is 2.70. The third-order valence-electron chi connectivity index (χ3n) is 4.04. The van der Waals surface area contributed by atoms with E-state index in [1.54, 1.807) is 14.0 Å². The summed E-state index contributed by atoms with van der Waals surface area (Å²) in [5, 5.41) is 8.40. The first kappa shape index (κ1) is 20.0. The van der Waals surface area contributed by atoms with Gasteiger partial charge < -0.3 is 10.3 Å². The van der Waals surface area contributed by atoms with E-state index in [9.17, 15) is 31.9 Å². The molecule has 29 heavy (non-hydrogen) atoms. The van der Waals surface area contributed by atoms with Crippen LogP contribution in [0, 0.1) is 12.7 Å². The van der Waals surface area contributed by atoms with Gasteiger partial charge in [0.25, 0.3) is 11.5 Å². The quantitative estimate of drug-likeness (QED) is 0.564. The smallest absolute Gasteiger partial charge is 0.308 e. The number of fused-ring (bicyclic) bond motifs is 1. The lowest BCUT2D eigenvalue weighted by atomic mass is 10.2. The van der Waals surface area contributed by atoms with Crippen molar-refractivity contribution in [1.82, 2.24) is 20.1 Å². The van der Waals surface area contributed by atoms with Crippen molar-refractivity contribution in [2.24, 2.45) is 7.05 Å². The van der Waals surface area contributed by atoms with Gasteiger partial charge in [0.15, 0.2) is 0 Å². The number of aromatic nitrogens is 3. The Hall–Kier alpha value is -3.70. The van der Waals surface area contributed by atoms with E-state index in [0.29, 0.717) is 28.9 Å². The molecule has 3 amide bonds. The summed E-state index contributed by atoms with van der Waals surface area (Å²) in [4.78, 5) is 38.8. The standard InChI is InChI=1S/C17H13F4N5O3/c1-7-9-6-10(14(27)23-13(9)26(2)25-7)15(28)24-16(29)22-8-3-4-12(18)11(5-8)17(19,20)21/h3-6H,1-2H3,(H,23,27)(H2,22,24,28,29). The maximum Gasteiger partial charge on any atom is 0.419 e. The highest BCUT2D eigenvalue weighted by Crippen LogP contribution is 2.32. The number of aromatic amines is 1. The lowest BCUT2D eigenvalue weighted by Gasteiger charge is -2.11. The molecule has 3 N–H and O–H groups in total. The highest BCUT2D eigenvalue weighted by molar-refractivity contribution is 6.08. The van der Waals surface area contributed by atoms with Gasteiger partial charge in [-0.05, 0) is 31.2 Å². The molecule has 2 aromatic heterocycles. The second-order valence-corrected chi connectivity index (χ2v) is 6.08. The van der Waals surface area contributed by atoms with Gasteiger partial charge in [0, 0.05) is 18.1 Å². The summed E-state index contributed by atoms with van der Waals surface area (Å²) in [7, 11) is 1.59. The van der Waals surface area contributed by atoms with Crippen LogP contribution in [0.1, 0.15) is 21.6 Å². The minimum Gasteiger partial charge on any atom is -0.308 e. The van der Waals surface area contributed by atoms with Crippen molar-refractivity contribution in [3.63, 3.8) is 0 Å². The predicted octanol–water partition coefficient (Wildman–Crippen LogP) is 2.69. The molecule has 1 aromatic carbocycles. The van der Waals surface area contributed by atoms with Crippen molar-refractivity contribution in [2.75, 3.05) is 5.32 Å². The number of nitrogens with zero attached hydrogens (tertiary/aromatic N) is 2. The number of hydrogen-bond acceptors (Lipinski definition) is 4. The van der Waals surface area contributed by atoms with E-state index in [1.165, 1.54) is 10.7 Å². The topological polar surface area (TPSA) is 109 Å². The maximum atomic E-state index is 13.3. The molecule has 12 heteroatoms. The molecule has 0 bridgehead atoms. The molecule has 0 radical (unpaired) electrons. The number of rotatable bonds is 2. The van der Waals surface area contributed by atoms with Crippen molar-refractivity contribution < 1.29 is 27.2 Å². The fourth-order valence-corrected chi connectivity index (χ4v) is 2.70. The summed E-state index contributed by atoms with van der Waals surface area (Å²) < 4.78 is 52.9. The summed E-state index contributed by atoms with van der Waals surface area (Å²) in [6, 6.07) is 1.86. The van der Waals surface area contributed by atoms with Crippen LogP contribution >= 0.6 is 0 Å². The van der Waals surface area contributed by atoms with Gasteiger partial charge in [0.05, 0.1) is 11.3 Å². The van der Waals surface area contributed by atoms with Crippen LogP contribution in [-0.2, 0) is 13.2 Å². The Kier molecular flexibility index (Phi) is 4.86. The van der Waals surface area contributed by atoms with E-state index in [-0.39, 0.29) is 5.56 Å². The van der Waals surface area contributed by atoms with E-state index in [2.05, 4.69) is 10.1 Å². The fraction of sp³-hybridized carbons (Fsp3) is 0.176. The van der Waals surface area contributed by atoms with Crippen molar-refractivity contribution in [3.8, 4) is 0 Å². The lowest BCUT2D eigenvalue weighted by Crippen LogP contribution is -2.37. The zero-order valence-electron chi connectivity index (χ0n) is 14.9. The van der Waals surface area contributed by atoms with E-state index in [0.717, 1.165) is 6.07 Å². The number of hydrogen-bond donors (Lipinski definition) is 3. The number of imide groups is 1. The molecule has 3 rings (SSSR count). The Morgan fingerprint density at radius 2 is 1.90 bits per heavy atom. The summed E-state index contributed by atoms with van der Waals surface area (Å²) in [6.07, 6.45) is -4.96. The van der Waals surface area contributed by atoms with E-state index in [4.69, 9.17) is 0 Å². The first-order valence-corrected chi connectivity index (χ1v) is 8.03. The largest absolute Gasteiger partial charge is 0.419 e. The van der Waals surface area contributed by atoms with Crippen LogP contribution in [0.2, 0.25) is 0 Å². The molecule has 152 valence electrons. The summed E-state index contributed by atoms with van der Waals surface area (Å²) in [6.45, 7) is 1.65. The lowest BCUT2D eigenvalue weighted by molar-refractivity contribution is -0.139. The Morgan fingerprint density at radius 1 is 1.21 bits per heavy atom. The highest BCUT2D eigenvalue weighted by Gasteiger charge is 2.34. The molecule has 2 heterocycles. The van der Waals surface area contributed by atoms with Crippen LogP contribution in [0.5, 0.6) is 0 Å². The predicted molar refractivity (Wildman–Crippen MR) is 94.0 cm³/mol. The molecule has 0 saturated carbocycles. The maximum absolute atomic E-state index is 13.3. The van der Waals surface area contributed by atoms with Gasteiger partial charge in [-0.25, -0.2) is 9.18 Å². The normalized spacial score (nSPS) is 11.5. The van der Waals surface area contributed by atoms with Crippen LogP contribution in [0.15, 0.2) is 29.1 Å². The molecule has 0 aliphatic carbocycles. The molecule has 0 aliphatic heterocycles. The van der Waals surface area contributed by atoms with Gasteiger partial charge in [-0.1, -0.05) is 0 Å². The molecule has 0 saturated heterocycles. The number of nitrogens with one attached hydrogen (secondary N) is 3. The average Bonchev–Trinajstić information content (AvgIpc) is 2.88. The van der Waals surface area contributed by atoms with Crippen molar-refractivity contribution >= 4 is 28.7 Å². The number of anilines is 1. The molecule has 8 nitrogen and oxygen atoms in total. The molecular formula is C17H13F4N5O3. The number of pyridine rings is 1. The molecule has 3 aromatic rings. The van der Waals surface area contributed by atoms with Gasteiger partial charge >= 0.3 is 12.2 Å². The number of aryl methyl sites for hydroxylation is 2. The number of carbonyl (C=O) groups excluding carboxylic acids is 2. The Bertz CT molecular complexity index is 1200. The summed E-state index contributed by atoms with van der Waals surface area (Å²) in [5.74, 6) is -2.58. The summed E-state index contributed by atoms with van der Waals surface area (Å²) >= 11 is 0. The number of alkyl halides is 3. The second-order valence-electron chi connectivity index (χ2n) is 6.08. The molecule has 0 fully saturated rings. The molecule has 0 atom stereocenters. The molecule has 0 unspecified atom stereocenters. The first-order chi connectivity index (χ1) is 13.5. The minimum absolute atomic E-state index is 0.375. The Morgan fingerprint density at radius 3 is 2.55 bits per heavy atom. The van der Waals surface area contributed by atoms with Gasteiger partial charge in [-0.3, -0.25) is 19.6 Å². The van der Waals surface area contributed by atoms with Gasteiger partial charge in [-0.15, -0.1) is 0 Å². The van der Waals surface area contributed by atoms with Gasteiger partial charge in [-0.2, -0.15) is 18.3 Å². The Balaban J connectivity index is 1.81. The van der Waals surface area contributed by atoms with Crippen LogP contribution < -0.4 is 16.2 Å². The van der Waals surface area contributed by atoms with Crippen LogP contribution in [0.25, 0.3) is 11.0 Å². The number of amides is 3. The molecular weight excluding hydrogens is 398 g/mol. The van der Waals surface area contributed by atoms with Gasteiger partial charge in [0.2, 0.25) is 0 Å². The van der Waals surface area contributed by atoms with E-state index < -0.39 is 40.7 Å². The average molecular weight is 411 g/mol. The summed E-state index contributed by atoms with van der Waals surface area (Å²) in [5.41, 5.74) is -2.24. The van der Waals surface area contributed by atoms with E-state index in [1.807, 2.05) is 10.6 Å². The van der Waals surface area contributed by atoms with Crippen LogP contribution in [0.3, 0.4) is 0 Å². The number of benzene rings is 1. The molecule has 0 spiro atoms. The SMILES string of the molecule is Cc1nn(C)c2[nH]c(=O)c(C(=O)NC(=O)Nc3ccc(F)c(C(F)(F)F)c3)cc12. The van der Waals surface area contributed by atoms with Crippen LogP contribution in [-0.4, -0.2) is 26.7 Å². The third-order valence-corrected chi connectivity index (χ3v) is 4.04. The van der Waals surface area contributed by atoms with E-state index >= 15 is 0 Å². The number of halogens is 4. The third kappa shape index (κ3) is 3.95. The molecule has 0 aliphatic rings. The van der Waals surface area contributed by atoms with Crippen molar-refractivity contribution in [3.05, 3.63) is 57.3 Å². The monoisotopic (exact) mass is 411 g/mol. The van der Waals surface area contributed by atoms with Crippen LogP contribution in [0.4, 0.5) is 28.0 Å².